The summed E-state index contributed by atoms with van der Waals surface area (Å²) in [5.41, 5.74) is 5.86. The van der Waals surface area contributed by atoms with Gasteiger partial charge in [0.25, 0.3) is 0 Å². The van der Waals surface area contributed by atoms with Crippen LogP contribution in [0.3, 0.4) is 0 Å². The third kappa shape index (κ3) is 3.64. The maximum atomic E-state index is 13.9. The molecule has 0 saturated carbocycles. The summed E-state index contributed by atoms with van der Waals surface area (Å²) in [4.78, 5) is 16.1. The number of anilines is 3. The molecule has 7 aromatic rings. The van der Waals surface area contributed by atoms with Crippen molar-refractivity contribution in [3.05, 3.63) is 156 Å². The Morgan fingerprint density at radius 2 is 1.05 bits per heavy atom. The first-order valence-corrected chi connectivity index (χ1v) is 12.7. The number of para-hydroxylation sites is 3. The Morgan fingerprint density at radius 1 is 0.447 bits per heavy atom. The molecule has 180 valence electrons. The van der Waals surface area contributed by atoms with Gasteiger partial charge >= 0.3 is 0 Å². The van der Waals surface area contributed by atoms with E-state index in [4.69, 9.17) is 0 Å². The number of rotatable bonds is 4. The third-order valence-electron chi connectivity index (χ3n) is 7.13. The molecule has 0 aliphatic rings. The summed E-state index contributed by atoms with van der Waals surface area (Å²) in [5.74, 6) is 0. The maximum Gasteiger partial charge on any atom is 0.197 e. The fourth-order valence-corrected chi connectivity index (χ4v) is 5.37. The topological polar surface area (TPSA) is 25.2 Å². The Morgan fingerprint density at radius 3 is 1.87 bits per heavy atom. The molecule has 0 radical (unpaired) electrons. The molecule has 3 heteroatoms. The van der Waals surface area contributed by atoms with Crippen molar-refractivity contribution in [3.63, 3.8) is 0 Å². The van der Waals surface area contributed by atoms with Crippen LogP contribution in [0.1, 0.15) is 0 Å². The first kappa shape index (κ1) is 22.1. The van der Waals surface area contributed by atoms with Crippen LogP contribution in [-0.2, 0) is 0 Å². The number of aromatic nitrogens is 1. The van der Waals surface area contributed by atoms with Crippen molar-refractivity contribution in [2.75, 3.05) is 4.90 Å². The number of nitrogens with zero attached hydrogens (tertiary/aromatic N) is 2. The van der Waals surface area contributed by atoms with E-state index in [1.807, 2.05) is 66.7 Å². The summed E-state index contributed by atoms with van der Waals surface area (Å²) >= 11 is 0. The standard InChI is InChI=1S/C35H24N2O/c38-35-31-17-9-10-18-33(31)37(28-15-5-2-6-16-28)34-22-21-30(24-32(34)35)36(27-13-3-1-4-14-27)29-20-19-25-11-7-8-12-26(25)23-29/h1-24H. The van der Waals surface area contributed by atoms with Gasteiger partial charge in [-0.15, -0.1) is 0 Å². The van der Waals surface area contributed by atoms with Gasteiger partial charge in [0, 0.05) is 33.5 Å². The van der Waals surface area contributed by atoms with E-state index in [9.17, 15) is 4.79 Å². The molecule has 0 aliphatic heterocycles. The molecular formula is C35H24N2O. The second kappa shape index (κ2) is 9.06. The molecule has 0 unspecified atom stereocenters. The van der Waals surface area contributed by atoms with Crippen molar-refractivity contribution in [1.82, 2.24) is 4.57 Å². The van der Waals surface area contributed by atoms with Crippen LogP contribution in [0.25, 0.3) is 38.3 Å². The van der Waals surface area contributed by atoms with Crippen molar-refractivity contribution >= 4 is 49.6 Å². The van der Waals surface area contributed by atoms with Gasteiger partial charge in [0.1, 0.15) is 0 Å². The molecule has 0 aliphatic carbocycles. The van der Waals surface area contributed by atoms with Crippen molar-refractivity contribution in [2.24, 2.45) is 0 Å². The lowest BCUT2D eigenvalue weighted by Gasteiger charge is -2.26. The summed E-state index contributed by atoms with van der Waals surface area (Å²) in [6, 6.07) is 49.5. The normalized spacial score (nSPS) is 11.3. The highest BCUT2D eigenvalue weighted by molar-refractivity contribution is 5.98. The van der Waals surface area contributed by atoms with E-state index in [2.05, 4.69) is 88.3 Å². The van der Waals surface area contributed by atoms with Crippen LogP contribution in [-0.4, -0.2) is 4.57 Å². The average molecular weight is 489 g/mol. The van der Waals surface area contributed by atoms with Gasteiger partial charge in [-0.25, -0.2) is 0 Å². The summed E-state index contributed by atoms with van der Waals surface area (Å²) in [6.45, 7) is 0. The zero-order chi connectivity index (χ0) is 25.5. The van der Waals surface area contributed by atoms with E-state index in [0.29, 0.717) is 10.8 Å². The predicted molar refractivity (Wildman–Crippen MR) is 159 cm³/mol. The lowest BCUT2D eigenvalue weighted by atomic mass is 10.1. The second-order valence-electron chi connectivity index (χ2n) is 9.42. The first-order chi connectivity index (χ1) is 18.8. The van der Waals surface area contributed by atoms with Crippen molar-refractivity contribution in [3.8, 4) is 5.69 Å². The molecule has 0 saturated heterocycles. The molecular weight excluding hydrogens is 464 g/mol. The minimum Gasteiger partial charge on any atom is -0.310 e. The number of pyridine rings is 1. The molecule has 38 heavy (non-hydrogen) atoms. The van der Waals surface area contributed by atoms with Crippen molar-refractivity contribution in [2.45, 2.75) is 0 Å². The van der Waals surface area contributed by atoms with Gasteiger partial charge in [-0.3, -0.25) is 4.79 Å². The first-order valence-electron chi connectivity index (χ1n) is 12.7. The monoisotopic (exact) mass is 488 g/mol. The van der Waals surface area contributed by atoms with E-state index in [1.165, 1.54) is 10.8 Å². The lowest BCUT2D eigenvalue weighted by molar-refractivity contribution is 1.16. The van der Waals surface area contributed by atoms with E-state index in [0.717, 1.165) is 33.8 Å². The molecule has 0 amide bonds. The van der Waals surface area contributed by atoms with E-state index in [-0.39, 0.29) is 5.43 Å². The SMILES string of the molecule is O=c1c2ccccc2n(-c2ccccc2)c2ccc(N(c3ccccc3)c3ccc4ccccc4c3)cc12. The van der Waals surface area contributed by atoms with Crippen molar-refractivity contribution in [1.29, 1.82) is 0 Å². The lowest BCUT2D eigenvalue weighted by Crippen LogP contribution is -2.13. The minimum atomic E-state index is 0.0381. The van der Waals surface area contributed by atoms with Gasteiger partial charge < -0.3 is 9.47 Å². The number of benzene rings is 6. The highest BCUT2D eigenvalue weighted by Gasteiger charge is 2.17. The highest BCUT2D eigenvalue weighted by atomic mass is 16.1. The summed E-state index contributed by atoms with van der Waals surface area (Å²) in [5, 5.41) is 3.76. The smallest absolute Gasteiger partial charge is 0.197 e. The van der Waals surface area contributed by atoms with Gasteiger partial charge in [-0.05, 0) is 77.5 Å². The van der Waals surface area contributed by atoms with E-state index in [1.54, 1.807) is 0 Å². The zero-order valence-corrected chi connectivity index (χ0v) is 20.7. The minimum absolute atomic E-state index is 0.0381. The average Bonchev–Trinajstić information content (AvgIpc) is 2.99. The van der Waals surface area contributed by atoms with Crippen LogP contribution in [0.2, 0.25) is 0 Å². The van der Waals surface area contributed by atoms with Crippen LogP contribution in [0, 0.1) is 0 Å². The van der Waals surface area contributed by atoms with Gasteiger partial charge in [0.15, 0.2) is 5.43 Å². The maximum absolute atomic E-state index is 13.9. The Kier molecular flexibility index (Phi) is 5.26. The number of fused-ring (bicyclic) bond motifs is 3. The van der Waals surface area contributed by atoms with Gasteiger partial charge in [0.05, 0.1) is 11.0 Å². The molecule has 0 N–H and O–H groups in total. The van der Waals surface area contributed by atoms with E-state index < -0.39 is 0 Å². The van der Waals surface area contributed by atoms with Crippen LogP contribution in [0.5, 0.6) is 0 Å². The molecule has 1 aromatic heterocycles. The Labute approximate surface area is 220 Å². The predicted octanol–water partition coefficient (Wildman–Crippen LogP) is 8.77. The number of hydrogen-bond acceptors (Lipinski definition) is 2. The molecule has 0 fully saturated rings. The summed E-state index contributed by atoms with van der Waals surface area (Å²) in [6.07, 6.45) is 0. The number of hydrogen-bond donors (Lipinski definition) is 0. The molecule has 6 aromatic carbocycles. The highest BCUT2D eigenvalue weighted by Crippen LogP contribution is 2.37. The molecule has 0 bridgehead atoms. The Hall–Kier alpha value is -5.15. The second-order valence-corrected chi connectivity index (χ2v) is 9.42. The van der Waals surface area contributed by atoms with Crippen LogP contribution < -0.4 is 10.3 Å². The van der Waals surface area contributed by atoms with Crippen molar-refractivity contribution < 1.29 is 0 Å². The van der Waals surface area contributed by atoms with E-state index >= 15 is 0 Å². The van der Waals surface area contributed by atoms with Gasteiger partial charge in [-0.1, -0.05) is 78.9 Å². The van der Waals surface area contributed by atoms with Crippen LogP contribution in [0.15, 0.2) is 150 Å². The molecule has 7 rings (SSSR count). The fourth-order valence-electron chi connectivity index (χ4n) is 5.37. The Bertz CT molecular complexity index is 1990. The third-order valence-corrected chi connectivity index (χ3v) is 7.13. The van der Waals surface area contributed by atoms with Crippen LogP contribution in [0.4, 0.5) is 17.1 Å². The van der Waals surface area contributed by atoms with Gasteiger partial charge in [-0.2, -0.15) is 0 Å². The zero-order valence-electron chi connectivity index (χ0n) is 20.7. The Balaban J connectivity index is 1.51. The summed E-state index contributed by atoms with van der Waals surface area (Å²) in [7, 11) is 0. The quantitative estimate of drug-likeness (QED) is 0.231. The van der Waals surface area contributed by atoms with Gasteiger partial charge in [0.2, 0.25) is 0 Å². The molecule has 1 heterocycles. The van der Waals surface area contributed by atoms with Crippen LogP contribution >= 0.6 is 0 Å². The fraction of sp³-hybridized carbons (Fsp3) is 0. The molecule has 0 atom stereocenters. The molecule has 0 spiro atoms. The molecule has 3 nitrogen and oxygen atoms in total. The summed E-state index contributed by atoms with van der Waals surface area (Å²) < 4.78 is 2.18. The largest absolute Gasteiger partial charge is 0.310 e.